The predicted molar refractivity (Wildman–Crippen MR) is 99.2 cm³/mol. The molecule has 0 atom stereocenters. The lowest BCUT2D eigenvalue weighted by Crippen LogP contribution is -2.39. The van der Waals surface area contributed by atoms with Gasteiger partial charge in [-0.2, -0.15) is 0 Å². The summed E-state index contributed by atoms with van der Waals surface area (Å²) in [5.74, 6) is 1.23. The van der Waals surface area contributed by atoms with Crippen LogP contribution in [0.1, 0.15) is 12.8 Å². The molecule has 0 unspecified atom stereocenters. The van der Waals surface area contributed by atoms with Crippen molar-refractivity contribution in [3.8, 4) is 5.75 Å². The standard InChI is InChI=1S/C19H24N4O2/c1-25-18-4-2-3-16(13-18)22-19(24)21-14-15-7-11-23(12-8-15)17-5-9-20-10-6-17/h2-6,9-10,13,15H,7-8,11-12,14H2,1H3,(H2,21,22,24). The Kier molecular flexibility index (Phi) is 5.72. The van der Waals surface area contributed by atoms with Crippen LogP contribution < -0.4 is 20.3 Å². The molecule has 1 saturated heterocycles. The molecule has 1 aromatic heterocycles. The second kappa shape index (κ2) is 8.37. The first kappa shape index (κ1) is 17.1. The summed E-state index contributed by atoms with van der Waals surface area (Å²) in [7, 11) is 1.61. The lowest BCUT2D eigenvalue weighted by atomic mass is 9.96. The van der Waals surface area contributed by atoms with Crippen LogP contribution in [0.25, 0.3) is 0 Å². The van der Waals surface area contributed by atoms with Crippen LogP contribution in [0.2, 0.25) is 0 Å². The van der Waals surface area contributed by atoms with Gasteiger partial charge in [0.1, 0.15) is 5.75 Å². The average Bonchev–Trinajstić information content (AvgIpc) is 2.67. The van der Waals surface area contributed by atoms with Crippen molar-refractivity contribution in [2.45, 2.75) is 12.8 Å². The number of methoxy groups -OCH3 is 1. The molecule has 0 aliphatic carbocycles. The highest BCUT2D eigenvalue weighted by Gasteiger charge is 2.19. The number of hydrogen-bond donors (Lipinski definition) is 2. The van der Waals surface area contributed by atoms with Gasteiger partial charge in [0, 0.05) is 49.5 Å². The number of amides is 2. The Morgan fingerprint density at radius 3 is 2.72 bits per heavy atom. The molecule has 3 rings (SSSR count). The number of urea groups is 1. The lowest BCUT2D eigenvalue weighted by Gasteiger charge is -2.33. The van der Waals surface area contributed by atoms with E-state index in [0.717, 1.165) is 37.4 Å². The number of hydrogen-bond acceptors (Lipinski definition) is 4. The summed E-state index contributed by atoms with van der Waals surface area (Å²) in [6, 6.07) is 11.2. The number of carbonyl (C=O) groups is 1. The SMILES string of the molecule is COc1cccc(NC(=O)NCC2CCN(c3ccncc3)CC2)c1. The Hall–Kier alpha value is -2.76. The van der Waals surface area contributed by atoms with Gasteiger partial charge in [-0.25, -0.2) is 4.79 Å². The summed E-state index contributed by atoms with van der Waals surface area (Å²) >= 11 is 0. The number of nitrogens with zero attached hydrogens (tertiary/aromatic N) is 2. The number of piperidine rings is 1. The molecule has 0 radical (unpaired) electrons. The number of ether oxygens (including phenoxy) is 1. The molecule has 0 bridgehead atoms. The summed E-state index contributed by atoms with van der Waals surface area (Å²) in [6.45, 7) is 2.71. The molecule has 1 aromatic carbocycles. The average molecular weight is 340 g/mol. The number of benzene rings is 1. The van der Waals surface area contributed by atoms with Crippen molar-refractivity contribution in [2.75, 3.05) is 37.0 Å². The molecular weight excluding hydrogens is 316 g/mol. The van der Waals surface area contributed by atoms with Crippen molar-refractivity contribution < 1.29 is 9.53 Å². The zero-order valence-electron chi connectivity index (χ0n) is 14.4. The molecule has 2 amide bonds. The van der Waals surface area contributed by atoms with Gasteiger partial charge in [0.05, 0.1) is 7.11 Å². The molecule has 132 valence electrons. The van der Waals surface area contributed by atoms with Crippen LogP contribution in [0.3, 0.4) is 0 Å². The molecule has 2 heterocycles. The number of pyridine rings is 1. The van der Waals surface area contributed by atoms with Crippen LogP contribution in [-0.4, -0.2) is 37.8 Å². The van der Waals surface area contributed by atoms with Crippen LogP contribution in [0.4, 0.5) is 16.2 Å². The molecule has 6 nitrogen and oxygen atoms in total. The van der Waals surface area contributed by atoms with Crippen LogP contribution in [0.5, 0.6) is 5.75 Å². The second-order valence-corrected chi connectivity index (χ2v) is 6.20. The van der Waals surface area contributed by atoms with E-state index in [2.05, 4.69) is 20.5 Å². The third-order valence-corrected chi connectivity index (χ3v) is 4.52. The minimum atomic E-state index is -0.176. The molecule has 25 heavy (non-hydrogen) atoms. The molecule has 1 aliphatic heterocycles. The smallest absolute Gasteiger partial charge is 0.319 e. The number of aromatic nitrogens is 1. The van der Waals surface area contributed by atoms with Gasteiger partial charge in [-0.05, 0) is 43.0 Å². The summed E-state index contributed by atoms with van der Waals surface area (Å²) in [5.41, 5.74) is 1.95. The summed E-state index contributed by atoms with van der Waals surface area (Å²) in [5, 5.41) is 5.82. The predicted octanol–water partition coefficient (Wildman–Crippen LogP) is 3.13. The minimum absolute atomic E-state index is 0.176. The van der Waals surface area contributed by atoms with Gasteiger partial charge in [-0.15, -0.1) is 0 Å². The summed E-state index contributed by atoms with van der Waals surface area (Å²) < 4.78 is 5.16. The maximum atomic E-state index is 12.1. The molecular formula is C19H24N4O2. The van der Waals surface area contributed by atoms with Crippen LogP contribution in [0.15, 0.2) is 48.8 Å². The van der Waals surface area contributed by atoms with Gasteiger partial charge in [-0.1, -0.05) is 6.07 Å². The monoisotopic (exact) mass is 340 g/mol. The Balaban J connectivity index is 1.41. The minimum Gasteiger partial charge on any atom is -0.497 e. The number of carbonyl (C=O) groups excluding carboxylic acids is 1. The topological polar surface area (TPSA) is 66.5 Å². The van der Waals surface area contributed by atoms with Gasteiger partial charge in [0.15, 0.2) is 0 Å². The van der Waals surface area contributed by atoms with E-state index in [-0.39, 0.29) is 6.03 Å². The fourth-order valence-electron chi connectivity index (χ4n) is 3.06. The highest BCUT2D eigenvalue weighted by atomic mass is 16.5. The Labute approximate surface area is 148 Å². The fraction of sp³-hybridized carbons (Fsp3) is 0.368. The first-order chi connectivity index (χ1) is 12.2. The van der Waals surface area contributed by atoms with E-state index in [1.807, 2.05) is 42.7 Å². The van der Waals surface area contributed by atoms with Gasteiger partial charge in [-0.3, -0.25) is 4.98 Å². The highest BCUT2D eigenvalue weighted by molar-refractivity contribution is 5.89. The van der Waals surface area contributed by atoms with E-state index in [1.165, 1.54) is 5.69 Å². The first-order valence-corrected chi connectivity index (χ1v) is 8.58. The second-order valence-electron chi connectivity index (χ2n) is 6.20. The van der Waals surface area contributed by atoms with Gasteiger partial charge < -0.3 is 20.3 Å². The summed E-state index contributed by atoms with van der Waals surface area (Å²) in [4.78, 5) is 18.5. The first-order valence-electron chi connectivity index (χ1n) is 8.58. The maximum Gasteiger partial charge on any atom is 0.319 e. The van der Waals surface area contributed by atoms with E-state index in [9.17, 15) is 4.79 Å². The molecule has 0 spiro atoms. The van der Waals surface area contributed by atoms with E-state index in [0.29, 0.717) is 12.5 Å². The van der Waals surface area contributed by atoms with Crippen LogP contribution >= 0.6 is 0 Å². The lowest BCUT2D eigenvalue weighted by molar-refractivity contribution is 0.248. The number of anilines is 2. The normalized spacial score (nSPS) is 14.8. The van der Waals surface area contributed by atoms with Crippen LogP contribution in [-0.2, 0) is 0 Å². The molecule has 0 saturated carbocycles. The van der Waals surface area contributed by atoms with Crippen molar-refractivity contribution in [1.29, 1.82) is 0 Å². The van der Waals surface area contributed by atoms with Crippen molar-refractivity contribution in [3.63, 3.8) is 0 Å². The summed E-state index contributed by atoms with van der Waals surface area (Å²) in [6.07, 6.45) is 5.79. The van der Waals surface area contributed by atoms with E-state index in [1.54, 1.807) is 13.2 Å². The van der Waals surface area contributed by atoms with E-state index >= 15 is 0 Å². The quantitative estimate of drug-likeness (QED) is 0.878. The third kappa shape index (κ3) is 4.86. The fourth-order valence-corrected chi connectivity index (χ4v) is 3.06. The Morgan fingerprint density at radius 2 is 2.00 bits per heavy atom. The van der Waals surface area contributed by atoms with Gasteiger partial charge in [0.2, 0.25) is 0 Å². The molecule has 1 fully saturated rings. The highest BCUT2D eigenvalue weighted by Crippen LogP contribution is 2.22. The number of nitrogens with one attached hydrogen (secondary N) is 2. The van der Waals surface area contributed by atoms with E-state index in [4.69, 9.17) is 4.74 Å². The van der Waals surface area contributed by atoms with Crippen molar-refractivity contribution in [2.24, 2.45) is 5.92 Å². The molecule has 2 aromatic rings. The maximum absolute atomic E-state index is 12.1. The number of rotatable bonds is 5. The van der Waals surface area contributed by atoms with Gasteiger partial charge in [0.25, 0.3) is 0 Å². The molecule has 2 N–H and O–H groups in total. The van der Waals surface area contributed by atoms with E-state index < -0.39 is 0 Å². The Morgan fingerprint density at radius 1 is 1.24 bits per heavy atom. The Bertz CT molecular complexity index is 685. The van der Waals surface area contributed by atoms with Crippen molar-refractivity contribution >= 4 is 17.4 Å². The van der Waals surface area contributed by atoms with Crippen LogP contribution in [0, 0.1) is 5.92 Å². The largest absolute Gasteiger partial charge is 0.497 e. The zero-order chi connectivity index (χ0) is 17.5. The van der Waals surface area contributed by atoms with Gasteiger partial charge >= 0.3 is 6.03 Å². The third-order valence-electron chi connectivity index (χ3n) is 4.52. The molecule has 1 aliphatic rings. The zero-order valence-corrected chi connectivity index (χ0v) is 14.4. The van der Waals surface area contributed by atoms with Crippen molar-refractivity contribution in [1.82, 2.24) is 10.3 Å². The van der Waals surface area contributed by atoms with Crippen molar-refractivity contribution in [3.05, 3.63) is 48.8 Å². The molecule has 6 heteroatoms.